The van der Waals surface area contributed by atoms with Gasteiger partial charge in [-0.25, -0.2) is 4.79 Å². The summed E-state index contributed by atoms with van der Waals surface area (Å²) in [7, 11) is 0. The minimum absolute atomic E-state index is 0.0704. The quantitative estimate of drug-likeness (QED) is 0.0834. The van der Waals surface area contributed by atoms with Gasteiger partial charge < -0.3 is 33.2 Å². The molecular weight excluding hydrogens is 778 g/mol. The first-order valence-electron chi connectivity index (χ1n) is 20.4. The fourth-order valence-electron chi connectivity index (χ4n) is 7.53. The third-order valence-electron chi connectivity index (χ3n) is 10.7. The number of carbonyl (C=O) groups is 1. The summed E-state index contributed by atoms with van der Waals surface area (Å²) in [6, 6.07) is 47.3. The monoisotopic (exact) mass is 825 g/mol. The lowest BCUT2D eigenvalue weighted by molar-refractivity contribution is -0.272. The predicted molar refractivity (Wildman–Crippen MR) is 228 cm³/mol. The highest BCUT2D eigenvalue weighted by Gasteiger charge is 2.49. The Labute approximate surface area is 356 Å². The van der Waals surface area contributed by atoms with Gasteiger partial charge in [-0.2, -0.15) is 0 Å². The highest BCUT2D eigenvalue weighted by molar-refractivity contribution is 6.31. The molecule has 2 aliphatic rings. The van der Waals surface area contributed by atoms with E-state index in [-0.39, 0.29) is 25.9 Å². The molecule has 0 aliphatic carbocycles. The molecule has 6 atom stereocenters. The van der Waals surface area contributed by atoms with E-state index in [1.54, 1.807) is 18.3 Å². The molecule has 308 valence electrons. The van der Waals surface area contributed by atoms with Crippen LogP contribution in [0.4, 0.5) is 0 Å². The SMILES string of the molecule is O=C(OC[C@H]1O[C@@H](c2ccc(Cl)c(Cc3ccc(O[C@@H]4CCOC4)cc3)c2)[C@H](OCc2ccccc2)[C@@H](OCc2ccccc2)[C@@H]1OCc1ccccc1)c1cccnc1. The van der Waals surface area contributed by atoms with Crippen LogP contribution < -0.4 is 4.74 Å². The molecule has 2 aliphatic heterocycles. The number of ether oxygens (including phenoxy) is 7. The number of hydrogen-bond donors (Lipinski definition) is 0. The molecule has 0 spiro atoms. The van der Waals surface area contributed by atoms with Gasteiger partial charge in [0.05, 0.1) is 38.6 Å². The molecule has 1 aromatic heterocycles. The molecule has 0 saturated carbocycles. The van der Waals surface area contributed by atoms with Crippen LogP contribution in [0.25, 0.3) is 0 Å². The molecule has 10 heteroatoms. The van der Waals surface area contributed by atoms with Crippen molar-refractivity contribution in [3.05, 3.63) is 202 Å². The van der Waals surface area contributed by atoms with Crippen LogP contribution in [0.5, 0.6) is 5.75 Å². The van der Waals surface area contributed by atoms with Crippen LogP contribution >= 0.6 is 11.6 Å². The number of benzene rings is 5. The number of rotatable bonds is 17. The lowest BCUT2D eigenvalue weighted by Gasteiger charge is -2.46. The predicted octanol–water partition coefficient (Wildman–Crippen LogP) is 9.55. The Morgan fingerprint density at radius 1 is 0.683 bits per heavy atom. The van der Waals surface area contributed by atoms with E-state index >= 15 is 0 Å². The summed E-state index contributed by atoms with van der Waals surface area (Å²) in [6.07, 6.45) is 1.15. The molecule has 6 aromatic rings. The van der Waals surface area contributed by atoms with Gasteiger partial charge >= 0.3 is 5.97 Å². The molecule has 0 unspecified atom stereocenters. The van der Waals surface area contributed by atoms with Gasteiger partial charge in [-0.1, -0.05) is 127 Å². The number of carbonyl (C=O) groups excluding carboxylic acids is 1. The standard InChI is InChI=1S/C50H48ClNO8/c51-44-23-20-39(28-41(44)27-35-18-21-42(22-19-35)59-43-24-26-54-33-43)46-48(56-31-37-13-6-2-7-14-37)49(57-32-38-15-8-3-9-16-38)47(55-30-36-11-4-1-5-12-36)45(60-46)34-58-50(53)40-17-10-25-52-29-40/h1-23,25,28-29,43,45-49H,24,26-27,30-34H2/t43-,45-,46+,47-,48+,49+/m1/s1. The molecule has 8 rings (SSSR count). The van der Waals surface area contributed by atoms with Crippen LogP contribution in [0.2, 0.25) is 5.02 Å². The number of pyridine rings is 1. The average molecular weight is 826 g/mol. The molecule has 60 heavy (non-hydrogen) atoms. The van der Waals surface area contributed by atoms with E-state index in [1.807, 2.05) is 115 Å². The third-order valence-corrected chi connectivity index (χ3v) is 11.0. The van der Waals surface area contributed by atoms with Gasteiger partial charge in [0, 0.05) is 23.8 Å². The van der Waals surface area contributed by atoms with Gasteiger partial charge in [0.25, 0.3) is 0 Å². The number of aromatic nitrogens is 1. The zero-order valence-electron chi connectivity index (χ0n) is 33.2. The second-order valence-corrected chi connectivity index (χ2v) is 15.4. The second kappa shape index (κ2) is 20.7. The second-order valence-electron chi connectivity index (χ2n) is 15.0. The van der Waals surface area contributed by atoms with Crippen LogP contribution in [0.15, 0.2) is 158 Å². The van der Waals surface area contributed by atoms with E-state index in [1.165, 1.54) is 6.20 Å². The number of halogens is 1. The Hall–Kier alpha value is -5.39. The Morgan fingerprint density at radius 3 is 1.92 bits per heavy atom. The zero-order chi connectivity index (χ0) is 40.9. The van der Waals surface area contributed by atoms with Gasteiger partial charge in [0.2, 0.25) is 0 Å². The van der Waals surface area contributed by atoms with Crippen LogP contribution in [-0.2, 0) is 54.7 Å². The number of hydrogen-bond acceptors (Lipinski definition) is 9. The van der Waals surface area contributed by atoms with Crippen molar-refractivity contribution in [3.8, 4) is 5.75 Å². The first kappa shape index (κ1) is 41.3. The molecule has 5 aromatic carbocycles. The Balaban J connectivity index is 1.13. The van der Waals surface area contributed by atoms with E-state index in [9.17, 15) is 4.79 Å². The Kier molecular flexibility index (Phi) is 14.3. The van der Waals surface area contributed by atoms with E-state index in [0.717, 1.165) is 52.2 Å². The molecule has 0 amide bonds. The summed E-state index contributed by atoms with van der Waals surface area (Å²) in [6.45, 7) is 2.07. The van der Waals surface area contributed by atoms with Crippen LogP contribution in [0.3, 0.4) is 0 Å². The summed E-state index contributed by atoms with van der Waals surface area (Å²) < 4.78 is 45.3. The van der Waals surface area contributed by atoms with Gasteiger partial charge in [-0.3, -0.25) is 4.98 Å². The highest BCUT2D eigenvalue weighted by Crippen LogP contribution is 2.40. The maximum Gasteiger partial charge on any atom is 0.339 e. The first-order valence-corrected chi connectivity index (χ1v) is 20.7. The lowest BCUT2D eigenvalue weighted by atomic mass is 9.89. The van der Waals surface area contributed by atoms with Crippen molar-refractivity contribution >= 4 is 17.6 Å². The van der Waals surface area contributed by atoms with Gasteiger partial charge in [-0.05, 0) is 70.1 Å². The van der Waals surface area contributed by atoms with E-state index < -0.39 is 36.5 Å². The smallest absolute Gasteiger partial charge is 0.339 e. The van der Waals surface area contributed by atoms with Crippen LogP contribution in [-0.4, -0.2) is 61.3 Å². The van der Waals surface area contributed by atoms with Gasteiger partial charge in [0.1, 0.15) is 49.0 Å². The average Bonchev–Trinajstić information content (AvgIpc) is 3.82. The van der Waals surface area contributed by atoms with Gasteiger partial charge in [-0.15, -0.1) is 0 Å². The topological polar surface area (TPSA) is 94.6 Å². The van der Waals surface area contributed by atoms with Crippen molar-refractivity contribution in [1.82, 2.24) is 4.98 Å². The van der Waals surface area contributed by atoms with Crippen molar-refractivity contribution < 1.29 is 38.0 Å². The summed E-state index contributed by atoms with van der Waals surface area (Å²) in [4.78, 5) is 17.5. The molecule has 3 heterocycles. The Bertz CT molecular complexity index is 2220. The van der Waals surface area contributed by atoms with Crippen LogP contribution in [0, 0.1) is 0 Å². The number of nitrogens with zero attached hydrogens (tertiary/aromatic N) is 1. The van der Waals surface area contributed by atoms with E-state index in [4.69, 9.17) is 44.8 Å². The molecule has 2 fully saturated rings. The molecule has 2 saturated heterocycles. The van der Waals surface area contributed by atoms with E-state index in [0.29, 0.717) is 30.2 Å². The van der Waals surface area contributed by atoms with Crippen molar-refractivity contribution in [1.29, 1.82) is 0 Å². The third kappa shape index (κ3) is 11.1. The normalized spacial score (nSPS) is 21.4. The van der Waals surface area contributed by atoms with Crippen molar-refractivity contribution in [2.24, 2.45) is 0 Å². The van der Waals surface area contributed by atoms with Crippen LogP contribution in [0.1, 0.15) is 56.3 Å². The Morgan fingerprint density at radius 2 is 1.32 bits per heavy atom. The molecular formula is C50H48ClNO8. The summed E-state index contributed by atoms with van der Waals surface area (Å²) in [5.74, 6) is 0.292. The zero-order valence-corrected chi connectivity index (χ0v) is 34.0. The minimum atomic E-state index is -0.756. The largest absolute Gasteiger partial charge is 0.488 e. The van der Waals surface area contributed by atoms with E-state index in [2.05, 4.69) is 23.2 Å². The molecule has 0 N–H and O–H groups in total. The van der Waals surface area contributed by atoms with Crippen molar-refractivity contribution in [2.45, 2.75) is 69.3 Å². The summed E-state index contributed by atoms with van der Waals surface area (Å²) in [5, 5.41) is 0.627. The fourth-order valence-corrected chi connectivity index (χ4v) is 7.71. The highest BCUT2D eigenvalue weighted by atomic mass is 35.5. The molecule has 9 nitrogen and oxygen atoms in total. The fraction of sp³-hybridized carbons (Fsp3) is 0.280. The minimum Gasteiger partial charge on any atom is -0.488 e. The lowest BCUT2D eigenvalue weighted by Crippen LogP contribution is -2.58. The van der Waals surface area contributed by atoms with Gasteiger partial charge in [0.15, 0.2) is 0 Å². The van der Waals surface area contributed by atoms with Crippen molar-refractivity contribution in [2.75, 3.05) is 19.8 Å². The number of esters is 1. The van der Waals surface area contributed by atoms with Crippen molar-refractivity contribution in [3.63, 3.8) is 0 Å². The molecule has 0 bridgehead atoms. The maximum atomic E-state index is 13.4. The molecule has 0 radical (unpaired) electrons. The first-order chi connectivity index (χ1) is 29.6. The summed E-state index contributed by atoms with van der Waals surface area (Å²) in [5.41, 5.74) is 6.13. The maximum absolute atomic E-state index is 13.4. The summed E-state index contributed by atoms with van der Waals surface area (Å²) >= 11 is 6.93.